The van der Waals surface area contributed by atoms with Crippen molar-refractivity contribution in [2.45, 2.75) is 25.4 Å². The zero-order valence-electron chi connectivity index (χ0n) is 17.7. The van der Waals surface area contributed by atoms with Gasteiger partial charge in [0.05, 0.1) is 32.6 Å². The van der Waals surface area contributed by atoms with Crippen LogP contribution in [0.2, 0.25) is 0 Å². The number of nitrogens with one attached hydrogen (secondary N) is 1. The largest absolute Gasteiger partial charge is 0.497 e. The van der Waals surface area contributed by atoms with Crippen molar-refractivity contribution in [2.75, 3.05) is 19.5 Å². The van der Waals surface area contributed by atoms with Gasteiger partial charge < -0.3 is 14.8 Å². The summed E-state index contributed by atoms with van der Waals surface area (Å²) in [5.41, 5.74) is 1.43. The minimum atomic E-state index is -0.452. The smallest absolute Gasteiger partial charge is 0.335 e. The fraction of sp³-hybridized carbons (Fsp3) is 0.261. The molecule has 1 aliphatic carbocycles. The van der Waals surface area contributed by atoms with Gasteiger partial charge in [0, 0.05) is 17.7 Å². The Morgan fingerprint density at radius 2 is 1.97 bits per heavy atom. The van der Waals surface area contributed by atoms with Gasteiger partial charge in [0.1, 0.15) is 22.8 Å². The average molecular weight is 435 g/mol. The molecule has 1 saturated carbocycles. The molecular formula is C23H22FN5O3. The van der Waals surface area contributed by atoms with Gasteiger partial charge in [0.25, 0.3) is 0 Å². The number of ether oxygens (including phenoxy) is 2. The zero-order valence-corrected chi connectivity index (χ0v) is 17.7. The first-order valence-electron chi connectivity index (χ1n) is 10.3. The number of anilines is 1. The number of methoxy groups -OCH3 is 2. The number of halogens is 1. The Hall–Kier alpha value is -3.88. The van der Waals surface area contributed by atoms with E-state index < -0.39 is 5.82 Å². The number of fused-ring (bicyclic) bond motifs is 1. The number of hydrogen-bond acceptors (Lipinski definition) is 6. The van der Waals surface area contributed by atoms with Crippen LogP contribution in [0, 0.1) is 5.82 Å². The molecule has 0 radical (unpaired) electrons. The molecule has 5 rings (SSSR count). The van der Waals surface area contributed by atoms with E-state index in [1.54, 1.807) is 49.7 Å². The molecule has 4 aromatic rings. The lowest BCUT2D eigenvalue weighted by molar-refractivity contribution is 0.402. The number of hydrogen-bond donors (Lipinski definition) is 1. The molecule has 1 aliphatic rings. The highest BCUT2D eigenvalue weighted by Crippen LogP contribution is 2.27. The molecule has 2 heterocycles. The first kappa shape index (κ1) is 20.0. The minimum absolute atomic E-state index is 0.0269. The second kappa shape index (κ2) is 7.99. The molecule has 1 fully saturated rings. The van der Waals surface area contributed by atoms with Gasteiger partial charge in [-0.25, -0.2) is 18.7 Å². The summed E-state index contributed by atoms with van der Waals surface area (Å²) < 4.78 is 28.2. The van der Waals surface area contributed by atoms with Gasteiger partial charge in [-0.05, 0) is 37.1 Å². The lowest BCUT2D eigenvalue weighted by Crippen LogP contribution is -2.24. The van der Waals surface area contributed by atoms with E-state index in [2.05, 4.69) is 15.3 Å². The first-order valence-corrected chi connectivity index (χ1v) is 10.3. The van der Waals surface area contributed by atoms with E-state index in [0.29, 0.717) is 40.3 Å². The van der Waals surface area contributed by atoms with Gasteiger partial charge in [-0.1, -0.05) is 12.1 Å². The fourth-order valence-electron chi connectivity index (χ4n) is 3.69. The van der Waals surface area contributed by atoms with Crippen molar-refractivity contribution < 1.29 is 13.9 Å². The van der Waals surface area contributed by atoms with Crippen LogP contribution in [0.1, 0.15) is 18.4 Å². The summed E-state index contributed by atoms with van der Waals surface area (Å²) in [5, 5.41) is 3.26. The summed E-state index contributed by atoms with van der Waals surface area (Å²) in [6.07, 6.45) is 3.73. The molecule has 1 N–H and O–H groups in total. The number of benzene rings is 2. The van der Waals surface area contributed by atoms with Crippen molar-refractivity contribution >= 4 is 17.1 Å². The van der Waals surface area contributed by atoms with Crippen LogP contribution < -0.4 is 20.5 Å². The van der Waals surface area contributed by atoms with E-state index in [1.807, 2.05) is 0 Å². The molecule has 9 heteroatoms. The van der Waals surface area contributed by atoms with E-state index in [9.17, 15) is 9.18 Å². The van der Waals surface area contributed by atoms with E-state index in [0.717, 1.165) is 12.8 Å². The summed E-state index contributed by atoms with van der Waals surface area (Å²) in [7, 11) is 3.04. The van der Waals surface area contributed by atoms with Gasteiger partial charge in [-0.15, -0.1) is 0 Å². The maximum atomic E-state index is 14.6. The highest BCUT2D eigenvalue weighted by molar-refractivity contribution is 5.74. The Morgan fingerprint density at radius 1 is 1.16 bits per heavy atom. The van der Waals surface area contributed by atoms with Crippen LogP contribution in [-0.2, 0) is 6.54 Å². The van der Waals surface area contributed by atoms with E-state index in [1.165, 1.54) is 22.3 Å². The number of rotatable bonds is 7. The molecule has 32 heavy (non-hydrogen) atoms. The second-order valence-electron chi connectivity index (χ2n) is 7.65. The molecule has 0 atom stereocenters. The highest BCUT2D eigenvalue weighted by atomic mass is 19.1. The Kier molecular flexibility index (Phi) is 5.01. The summed E-state index contributed by atoms with van der Waals surface area (Å²) in [6.45, 7) is -0.0269. The van der Waals surface area contributed by atoms with Crippen LogP contribution in [0.25, 0.3) is 16.9 Å². The van der Waals surface area contributed by atoms with Crippen LogP contribution in [0.15, 0.2) is 53.5 Å². The molecule has 0 unspecified atom stereocenters. The first-order chi connectivity index (χ1) is 15.6. The van der Waals surface area contributed by atoms with Crippen LogP contribution >= 0.6 is 0 Å². The molecule has 164 valence electrons. The molecule has 0 saturated heterocycles. The maximum Gasteiger partial charge on any atom is 0.335 e. The SMILES string of the molecule is COc1cccc(-n2c(=O)n(Cc3c(F)cccc3OC)c3cnc(NC4CC4)nc32)c1. The minimum Gasteiger partial charge on any atom is -0.497 e. The summed E-state index contributed by atoms with van der Waals surface area (Å²) in [6, 6.07) is 12.1. The lowest BCUT2D eigenvalue weighted by atomic mass is 10.2. The molecule has 2 aromatic heterocycles. The van der Waals surface area contributed by atoms with Crippen LogP contribution in [0.4, 0.5) is 10.3 Å². The monoisotopic (exact) mass is 435 g/mol. The predicted molar refractivity (Wildman–Crippen MR) is 118 cm³/mol. The normalized spacial score (nSPS) is 13.3. The summed E-state index contributed by atoms with van der Waals surface area (Å²) in [5.74, 6) is 0.979. The number of nitrogens with zero attached hydrogens (tertiary/aromatic N) is 4. The van der Waals surface area contributed by atoms with Crippen LogP contribution in [-0.4, -0.2) is 39.4 Å². The van der Waals surface area contributed by atoms with Crippen molar-refractivity contribution in [3.05, 3.63) is 70.5 Å². The Morgan fingerprint density at radius 3 is 2.72 bits per heavy atom. The molecule has 2 aromatic carbocycles. The van der Waals surface area contributed by atoms with Crippen molar-refractivity contribution in [2.24, 2.45) is 0 Å². The van der Waals surface area contributed by atoms with Crippen molar-refractivity contribution in [3.63, 3.8) is 0 Å². The molecule has 0 spiro atoms. The van der Waals surface area contributed by atoms with Gasteiger partial charge in [-0.3, -0.25) is 4.57 Å². The van der Waals surface area contributed by atoms with Crippen molar-refractivity contribution in [3.8, 4) is 17.2 Å². The molecule has 0 aliphatic heterocycles. The molecule has 0 amide bonds. The van der Waals surface area contributed by atoms with Gasteiger partial charge in [-0.2, -0.15) is 4.98 Å². The maximum absolute atomic E-state index is 14.6. The highest BCUT2D eigenvalue weighted by Gasteiger charge is 2.24. The standard InChI is InChI=1S/C23H22FN5O3/c1-31-16-6-3-5-15(11-16)29-21-19(12-25-22(27-21)26-14-9-10-14)28(23(29)30)13-17-18(24)7-4-8-20(17)32-2/h3-8,11-12,14H,9-10,13H2,1-2H3,(H,25,26,27). The van der Waals surface area contributed by atoms with Gasteiger partial charge in [0.15, 0.2) is 5.65 Å². The molecule has 8 nitrogen and oxygen atoms in total. The second-order valence-corrected chi connectivity index (χ2v) is 7.65. The van der Waals surface area contributed by atoms with Gasteiger partial charge in [0.2, 0.25) is 5.95 Å². The van der Waals surface area contributed by atoms with Crippen molar-refractivity contribution in [1.29, 1.82) is 0 Å². The number of imidazole rings is 1. The van der Waals surface area contributed by atoms with Gasteiger partial charge >= 0.3 is 5.69 Å². The Bertz CT molecular complexity index is 1360. The van der Waals surface area contributed by atoms with Crippen molar-refractivity contribution in [1.82, 2.24) is 19.1 Å². The third-order valence-electron chi connectivity index (χ3n) is 5.51. The number of aromatic nitrogens is 4. The lowest BCUT2D eigenvalue weighted by Gasteiger charge is -2.10. The predicted octanol–water partition coefficient (Wildman–Crippen LogP) is 3.36. The summed E-state index contributed by atoms with van der Waals surface area (Å²) in [4.78, 5) is 22.6. The van der Waals surface area contributed by atoms with E-state index in [-0.39, 0.29) is 17.8 Å². The summed E-state index contributed by atoms with van der Waals surface area (Å²) >= 11 is 0. The molecular weight excluding hydrogens is 413 g/mol. The zero-order chi connectivity index (χ0) is 22.2. The van der Waals surface area contributed by atoms with E-state index >= 15 is 0 Å². The Balaban J connectivity index is 1.71. The van der Waals surface area contributed by atoms with Crippen LogP contribution in [0.3, 0.4) is 0 Å². The fourth-order valence-corrected chi connectivity index (χ4v) is 3.69. The third kappa shape index (κ3) is 3.55. The Labute approximate surface area is 183 Å². The topological polar surface area (TPSA) is 83.2 Å². The quantitative estimate of drug-likeness (QED) is 0.479. The third-order valence-corrected chi connectivity index (χ3v) is 5.51. The average Bonchev–Trinajstić information content (AvgIpc) is 3.58. The van der Waals surface area contributed by atoms with E-state index in [4.69, 9.17) is 9.47 Å². The molecule has 0 bridgehead atoms. The van der Waals surface area contributed by atoms with Crippen LogP contribution in [0.5, 0.6) is 11.5 Å².